The molecule has 2 fully saturated rings. The third-order valence-electron chi connectivity index (χ3n) is 9.40. The molecule has 1 aliphatic heterocycles. The Morgan fingerprint density at radius 2 is 1.77 bits per heavy atom. The van der Waals surface area contributed by atoms with Crippen LogP contribution in [-0.4, -0.2) is 59.8 Å². The van der Waals surface area contributed by atoms with E-state index in [0.717, 1.165) is 55.2 Å². The van der Waals surface area contributed by atoms with Crippen molar-refractivity contribution in [2.45, 2.75) is 101 Å². The summed E-state index contributed by atoms with van der Waals surface area (Å²) in [5, 5.41) is 28.5. The number of nitrogens with one attached hydrogen (secondary N) is 2. The van der Waals surface area contributed by atoms with Crippen molar-refractivity contribution in [2.75, 3.05) is 13.2 Å². The van der Waals surface area contributed by atoms with E-state index in [1.165, 1.54) is 6.42 Å². The molecule has 238 valence electrons. The molecule has 3 aliphatic rings. The standard InChI is InChI=1S/C36H48N2O6/c39-32(31(21-26-13-5-2-6-14-26)37-36(42)44-29-18-10-20-43-24-29)23-28(17-9-15-25-11-3-1-4-12-25)35(41)38-34-30-19-8-7-16-27(30)22-33(34)40/h1,3-4,7-9,11-12,15-16,19,26,28-29,31-34,39-40H,2,5-6,10,13-14,17-18,20-24H2,(H,37,42)(H,38,41)/t28?,29?,31?,32?,33-,34-/m0/s1. The van der Waals surface area contributed by atoms with Crippen LogP contribution in [0.1, 0.15) is 86.9 Å². The number of carbonyl (C=O) groups is 2. The topological polar surface area (TPSA) is 117 Å². The van der Waals surface area contributed by atoms with Gasteiger partial charge in [-0.15, -0.1) is 0 Å². The fraction of sp³-hybridized carbons (Fsp3) is 0.556. The van der Waals surface area contributed by atoms with Crippen molar-refractivity contribution < 1.29 is 29.3 Å². The van der Waals surface area contributed by atoms with E-state index in [0.29, 0.717) is 38.4 Å². The molecule has 2 aliphatic carbocycles. The lowest BCUT2D eigenvalue weighted by Gasteiger charge is -2.32. The van der Waals surface area contributed by atoms with Crippen molar-refractivity contribution in [3.63, 3.8) is 0 Å². The van der Waals surface area contributed by atoms with Crippen molar-refractivity contribution in [3.05, 3.63) is 77.4 Å². The average molecular weight is 605 g/mol. The van der Waals surface area contributed by atoms with Gasteiger partial charge in [0.2, 0.25) is 5.91 Å². The van der Waals surface area contributed by atoms with Gasteiger partial charge in [-0.25, -0.2) is 4.79 Å². The quantitative estimate of drug-likeness (QED) is 0.255. The highest BCUT2D eigenvalue weighted by Crippen LogP contribution is 2.33. The minimum Gasteiger partial charge on any atom is -0.444 e. The number of aliphatic hydroxyl groups excluding tert-OH is 2. The van der Waals surface area contributed by atoms with Crippen LogP contribution >= 0.6 is 0 Å². The van der Waals surface area contributed by atoms with Crippen molar-refractivity contribution in [3.8, 4) is 0 Å². The number of hydrogen-bond donors (Lipinski definition) is 4. The Morgan fingerprint density at radius 1 is 1.00 bits per heavy atom. The number of rotatable bonds is 12. The molecular weight excluding hydrogens is 556 g/mol. The molecule has 1 saturated carbocycles. The molecule has 8 heteroatoms. The predicted molar refractivity (Wildman–Crippen MR) is 170 cm³/mol. The van der Waals surface area contributed by atoms with Gasteiger partial charge in [-0.05, 0) is 54.7 Å². The van der Waals surface area contributed by atoms with E-state index in [4.69, 9.17) is 9.47 Å². The highest BCUT2D eigenvalue weighted by molar-refractivity contribution is 5.80. The fourth-order valence-corrected chi connectivity index (χ4v) is 6.95. The second kappa shape index (κ2) is 16.2. The molecule has 2 amide bonds. The summed E-state index contributed by atoms with van der Waals surface area (Å²) >= 11 is 0. The van der Waals surface area contributed by atoms with Crippen molar-refractivity contribution in [1.82, 2.24) is 10.6 Å². The van der Waals surface area contributed by atoms with E-state index < -0.39 is 36.3 Å². The second-order valence-electron chi connectivity index (χ2n) is 12.7. The molecule has 1 heterocycles. The maximum atomic E-state index is 13.8. The summed E-state index contributed by atoms with van der Waals surface area (Å²) in [5.74, 6) is -0.388. The van der Waals surface area contributed by atoms with E-state index in [2.05, 4.69) is 10.6 Å². The third kappa shape index (κ3) is 9.16. The minimum absolute atomic E-state index is 0.166. The molecular formula is C36H48N2O6. The number of benzene rings is 2. The van der Waals surface area contributed by atoms with Crippen LogP contribution in [0.25, 0.3) is 6.08 Å². The zero-order valence-electron chi connectivity index (χ0n) is 25.6. The normalized spacial score (nSPS) is 24.3. The summed E-state index contributed by atoms with van der Waals surface area (Å²) in [4.78, 5) is 26.8. The lowest BCUT2D eigenvalue weighted by molar-refractivity contribution is -0.127. The summed E-state index contributed by atoms with van der Waals surface area (Å²) in [7, 11) is 0. The molecule has 5 rings (SSSR count). The fourth-order valence-electron chi connectivity index (χ4n) is 6.95. The van der Waals surface area contributed by atoms with E-state index in [9.17, 15) is 19.8 Å². The van der Waals surface area contributed by atoms with Gasteiger partial charge < -0.3 is 30.3 Å². The van der Waals surface area contributed by atoms with Crippen LogP contribution in [0.2, 0.25) is 0 Å². The van der Waals surface area contributed by atoms with Crippen molar-refractivity contribution in [1.29, 1.82) is 0 Å². The molecule has 2 aromatic rings. The average Bonchev–Trinajstić information content (AvgIpc) is 3.36. The van der Waals surface area contributed by atoms with Gasteiger partial charge in [-0.3, -0.25) is 4.79 Å². The first kappa shape index (κ1) is 32.2. The van der Waals surface area contributed by atoms with Crippen molar-refractivity contribution in [2.24, 2.45) is 11.8 Å². The smallest absolute Gasteiger partial charge is 0.407 e. The van der Waals surface area contributed by atoms with Gasteiger partial charge in [0, 0.05) is 18.9 Å². The maximum absolute atomic E-state index is 13.8. The minimum atomic E-state index is -0.950. The molecule has 0 bridgehead atoms. The van der Waals surface area contributed by atoms with Gasteiger partial charge in [-0.2, -0.15) is 0 Å². The zero-order chi connectivity index (χ0) is 30.7. The number of allylic oxidation sites excluding steroid dienone is 1. The van der Waals surface area contributed by atoms with Crippen LogP contribution in [0.5, 0.6) is 0 Å². The van der Waals surface area contributed by atoms with Crippen LogP contribution < -0.4 is 10.6 Å². The summed E-state index contributed by atoms with van der Waals surface area (Å²) in [6, 6.07) is 16.6. The van der Waals surface area contributed by atoms with Crippen LogP contribution in [0.3, 0.4) is 0 Å². The summed E-state index contributed by atoms with van der Waals surface area (Å²) in [6.45, 7) is 1.06. The first-order chi connectivity index (χ1) is 21.5. The Labute approximate surface area is 261 Å². The van der Waals surface area contributed by atoms with Gasteiger partial charge >= 0.3 is 6.09 Å². The van der Waals surface area contributed by atoms with Gasteiger partial charge in [0.15, 0.2) is 0 Å². The first-order valence-corrected chi connectivity index (χ1v) is 16.5. The largest absolute Gasteiger partial charge is 0.444 e. The highest BCUT2D eigenvalue weighted by atomic mass is 16.6. The molecule has 4 N–H and O–H groups in total. The van der Waals surface area contributed by atoms with Gasteiger partial charge in [0.05, 0.1) is 30.9 Å². The van der Waals surface area contributed by atoms with Crippen LogP contribution in [-0.2, 0) is 20.7 Å². The predicted octanol–water partition coefficient (Wildman–Crippen LogP) is 5.48. The molecule has 4 unspecified atom stereocenters. The Hall–Kier alpha value is -3.20. The molecule has 0 radical (unpaired) electrons. The number of fused-ring (bicyclic) bond motifs is 1. The third-order valence-corrected chi connectivity index (χ3v) is 9.40. The second-order valence-corrected chi connectivity index (χ2v) is 12.7. The number of hydrogen-bond acceptors (Lipinski definition) is 6. The van der Waals surface area contributed by atoms with E-state index in [1.807, 2.05) is 66.7 Å². The molecule has 8 nitrogen and oxygen atoms in total. The van der Waals surface area contributed by atoms with Crippen molar-refractivity contribution >= 4 is 18.1 Å². The number of amides is 2. The molecule has 44 heavy (non-hydrogen) atoms. The van der Waals surface area contributed by atoms with Crippen LogP contribution in [0.15, 0.2) is 60.7 Å². The zero-order valence-corrected chi connectivity index (χ0v) is 25.6. The number of aliphatic hydroxyl groups is 2. The number of ether oxygens (including phenoxy) is 2. The molecule has 6 atom stereocenters. The van der Waals surface area contributed by atoms with E-state index in [-0.39, 0.29) is 18.4 Å². The van der Waals surface area contributed by atoms with Crippen LogP contribution in [0, 0.1) is 11.8 Å². The first-order valence-electron chi connectivity index (χ1n) is 16.5. The Morgan fingerprint density at radius 3 is 2.55 bits per heavy atom. The monoisotopic (exact) mass is 604 g/mol. The summed E-state index contributed by atoms with van der Waals surface area (Å²) in [6.07, 6.45) is 10.4. The summed E-state index contributed by atoms with van der Waals surface area (Å²) in [5.41, 5.74) is 2.99. The van der Waals surface area contributed by atoms with Gasteiger partial charge in [0.1, 0.15) is 6.10 Å². The molecule has 0 aromatic heterocycles. The molecule has 1 saturated heterocycles. The van der Waals surface area contributed by atoms with E-state index in [1.54, 1.807) is 0 Å². The Balaban J connectivity index is 1.30. The highest BCUT2D eigenvalue weighted by Gasteiger charge is 2.35. The lowest BCUT2D eigenvalue weighted by atomic mass is 9.82. The van der Waals surface area contributed by atoms with Gasteiger partial charge in [-0.1, -0.05) is 98.9 Å². The maximum Gasteiger partial charge on any atom is 0.407 e. The molecule has 0 spiro atoms. The van der Waals surface area contributed by atoms with Gasteiger partial charge in [0.25, 0.3) is 0 Å². The van der Waals surface area contributed by atoms with E-state index >= 15 is 0 Å². The van der Waals surface area contributed by atoms with Crippen LogP contribution in [0.4, 0.5) is 4.79 Å². The molecule has 2 aromatic carbocycles. The summed E-state index contributed by atoms with van der Waals surface area (Å²) < 4.78 is 11.1. The number of alkyl carbamates (subject to hydrolysis) is 1. The Kier molecular flexibility index (Phi) is 11.9. The number of carbonyl (C=O) groups excluding carboxylic acids is 2. The Bertz CT molecular complexity index is 1220. The lowest BCUT2D eigenvalue weighted by Crippen LogP contribution is -2.48. The SMILES string of the molecule is O=C(NC(CC1CCCCC1)C(O)CC(CC=Cc1ccccc1)C(=O)N[C@H]1c2ccccc2C[C@@H]1O)OC1CCCOC1.